The Bertz CT molecular complexity index is 967. The van der Waals surface area contributed by atoms with Gasteiger partial charge < -0.3 is 14.8 Å². The SMILES string of the molecule is COc1cc2ncc(C#N)c(Nc3cccc(CCl)c3)c2cc1OC. The van der Waals surface area contributed by atoms with Gasteiger partial charge in [-0.2, -0.15) is 5.26 Å². The lowest BCUT2D eigenvalue weighted by atomic mass is 10.1. The number of alkyl halides is 1. The van der Waals surface area contributed by atoms with Crippen LogP contribution in [0.4, 0.5) is 11.4 Å². The number of halogens is 1. The van der Waals surface area contributed by atoms with Crippen LogP contribution in [-0.4, -0.2) is 19.2 Å². The Kier molecular flexibility index (Phi) is 4.92. The van der Waals surface area contributed by atoms with E-state index in [1.807, 2.05) is 30.3 Å². The first-order chi connectivity index (χ1) is 12.2. The number of ether oxygens (including phenoxy) is 2. The summed E-state index contributed by atoms with van der Waals surface area (Å²) in [7, 11) is 3.15. The van der Waals surface area contributed by atoms with Crippen molar-refractivity contribution in [2.45, 2.75) is 5.88 Å². The number of methoxy groups -OCH3 is 2. The summed E-state index contributed by atoms with van der Waals surface area (Å²) in [4.78, 5) is 4.35. The largest absolute Gasteiger partial charge is 0.493 e. The number of fused-ring (bicyclic) bond motifs is 1. The number of hydrogen-bond donors (Lipinski definition) is 1. The second-order valence-corrected chi connectivity index (χ2v) is 5.61. The van der Waals surface area contributed by atoms with E-state index in [1.54, 1.807) is 26.5 Å². The fourth-order valence-corrected chi connectivity index (χ4v) is 2.78. The van der Waals surface area contributed by atoms with Gasteiger partial charge in [-0.25, -0.2) is 0 Å². The number of rotatable bonds is 5. The normalized spacial score (nSPS) is 10.3. The average molecular weight is 354 g/mol. The van der Waals surface area contributed by atoms with Gasteiger partial charge in [0.15, 0.2) is 11.5 Å². The minimum Gasteiger partial charge on any atom is -0.493 e. The molecule has 5 nitrogen and oxygen atoms in total. The minimum atomic E-state index is 0.419. The van der Waals surface area contributed by atoms with E-state index in [1.165, 1.54) is 0 Å². The zero-order valence-electron chi connectivity index (χ0n) is 13.8. The summed E-state index contributed by atoms with van der Waals surface area (Å²) in [5.41, 5.74) is 3.64. The van der Waals surface area contributed by atoms with Gasteiger partial charge in [0.25, 0.3) is 0 Å². The highest BCUT2D eigenvalue weighted by Gasteiger charge is 2.14. The Morgan fingerprint density at radius 1 is 1.16 bits per heavy atom. The lowest BCUT2D eigenvalue weighted by Crippen LogP contribution is -1.99. The van der Waals surface area contributed by atoms with Crippen LogP contribution in [0.1, 0.15) is 11.1 Å². The molecular formula is C19H16ClN3O2. The van der Waals surface area contributed by atoms with Crippen molar-refractivity contribution in [3.05, 3.63) is 53.7 Å². The third kappa shape index (κ3) is 3.30. The van der Waals surface area contributed by atoms with Gasteiger partial charge in [0.1, 0.15) is 6.07 Å². The van der Waals surface area contributed by atoms with Crippen LogP contribution in [0, 0.1) is 11.3 Å². The van der Waals surface area contributed by atoms with Crippen molar-refractivity contribution in [1.82, 2.24) is 4.98 Å². The number of pyridine rings is 1. The quantitative estimate of drug-likeness (QED) is 0.678. The summed E-state index contributed by atoms with van der Waals surface area (Å²) in [5, 5.41) is 13.6. The molecule has 0 aliphatic rings. The number of aromatic nitrogens is 1. The maximum Gasteiger partial charge on any atom is 0.162 e. The molecule has 1 heterocycles. The third-order valence-corrected chi connectivity index (χ3v) is 4.15. The molecule has 1 N–H and O–H groups in total. The van der Waals surface area contributed by atoms with Gasteiger partial charge in [0.05, 0.1) is 31.0 Å². The number of nitriles is 1. The highest BCUT2D eigenvalue weighted by molar-refractivity contribution is 6.17. The predicted octanol–water partition coefficient (Wildman–Crippen LogP) is 4.61. The molecule has 25 heavy (non-hydrogen) atoms. The highest BCUT2D eigenvalue weighted by atomic mass is 35.5. The molecule has 0 aliphatic carbocycles. The Morgan fingerprint density at radius 2 is 1.92 bits per heavy atom. The van der Waals surface area contributed by atoms with Crippen molar-refractivity contribution in [2.75, 3.05) is 19.5 Å². The van der Waals surface area contributed by atoms with E-state index in [0.717, 1.165) is 16.6 Å². The van der Waals surface area contributed by atoms with Crippen LogP contribution in [0.5, 0.6) is 11.5 Å². The molecule has 0 unspecified atom stereocenters. The van der Waals surface area contributed by atoms with E-state index < -0.39 is 0 Å². The first-order valence-corrected chi connectivity index (χ1v) is 8.10. The van der Waals surface area contributed by atoms with E-state index in [4.69, 9.17) is 21.1 Å². The third-order valence-electron chi connectivity index (χ3n) is 3.84. The summed E-state index contributed by atoms with van der Waals surface area (Å²) < 4.78 is 10.7. The average Bonchev–Trinajstić information content (AvgIpc) is 2.67. The smallest absolute Gasteiger partial charge is 0.162 e. The number of nitrogens with zero attached hydrogens (tertiary/aromatic N) is 2. The molecule has 0 saturated heterocycles. The van der Waals surface area contributed by atoms with Gasteiger partial charge in [0, 0.05) is 29.2 Å². The summed E-state index contributed by atoms with van der Waals surface area (Å²) in [6.07, 6.45) is 1.54. The van der Waals surface area contributed by atoms with Crippen LogP contribution < -0.4 is 14.8 Å². The predicted molar refractivity (Wildman–Crippen MR) is 98.8 cm³/mol. The zero-order valence-corrected chi connectivity index (χ0v) is 14.6. The summed E-state index contributed by atoms with van der Waals surface area (Å²) in [6, 6.07) is 13.5. The van der Waals surface area contributed by atoms with Crippen LogP contribution in [0.15, 0.2) is 42.6 Å². The molecule has 2 aromatic carbocycles. The molecule has 0 fully saturated rings. The molecule has 0 aliphatic heterocycles. The molecule has 0 atom stereocenters. The Morgan fingerprint density at radius 3 is 2.60 bits per heavy atom. The maximum atomic E-state index is 9.48. The maximum absolute atomic E-state index is 9.48. The molecule has 3 rings (SSSR count). The van der Waals surface area contributed by atoms with Crippen LogP contribution in [0.2, 0.25) is 0 Å². The number of hydrogen-bond acceptors (Lipinski definition) is 5. The van der Waals surface area contributed by atoms with Crippen LogP contribution >= 0.6 is 11.6 Å². The Balaban J connectivity index is 2.18. The monoisotopic (exact) mass is 353 g/mol. The van der Waals surface area contributed by atoms with Gasteiger partial charge in [0.2, 0.25) is 0 Å². The van der Waals surface area contributed by atoms with Gasteiger partial charge in [-0.05, 0) is 23.8 Å². The molecule has 126 valence electrons. The number of benzene rings is 2. The van der Waals surface area contributed by atoms with Crippen LogP contribution in [-0.2, 0) is 5.88 Å². The van der Waals surface area contributed by atoms with Gasteiger partial charge in [-0.15, -0.1) is 11.6 Å². The number of nitrogens with one attached hydrogen (secondary N) is 1. The molecule has 0 saturated carbocycles. The summed E-state index contributed by atoms with van der Waals surface area (Å²) in [6.45, 7) is 0. The van der Waals surface area contributed by atoms with E-state index >= 15 is 0 Å². The van der Waals surface area contributed by atoms with Crippen molar-refractivity contribution >= 4 is 33.9 Å². The van der Waals surface area contributed by atoms with Crippen LogP contribution in [0.3, 0.4) is 0 Å². The van der Waals surface area contributed by atoms with E-state index in [9.17, 15) is 5.26 Å². The molecule has 0 radical (unpaired) electrons. The summed E-state index contributed by atoms with van der Waals surface area (Å²) in [5.74, 6) is 1.58. The molecular weight excluding hydrogens is 338 g/mol. The fourth-order valence-electron chi connectivity index (χ4n) is 2.62. The molecule has 0 amide bonds. The second-order valence-electron chi connectivity index (χ2n) is 5.34. The van der Waals surface area contributed by atoms with Crippen molar-refractivity contribution in [2.24, 2.45) is 0 Å². The lowest BCUT2D eigenvalue weighted by Gasteiger charge is -2.14. The van der Waals surface area contributed by atoms with Gasteiger partial charge >= 0.3 is 0 Å². The number of anilines is 2. The van der Waals surface area contributed by atoms with Gasteiger partial charge in [-0.3, -0.25) is 4.98 Å². The van der Waals surface area contributed by atoms with E-state index in [0.29, 0.717) is 34.1 Å². The molecule has 1 aromatic heterocycles. The summed E-state index contributed by atoms with van der Waals surface area (Å²) >= 11 is 5.91. The first kappa shape index (κ1) is 16.9. The molecule has 0 bridgehead atoms. The Hall–Kier alpha value is -2.97. The molecule has 0 spiro atoms. The van der Waals surface area contributed by atoms with E-state index in [-0.39, 0.29) is 0 Å². The van der Waals surface area contributed by atoms with Crippen molar-refractivity contribution in [3.63, 3.8) is 0 Å². The van der Waals surface area contributed by atoms with E-state index in [2.05, 4.69) is 16.4 Å². The lowest BCUT2D eigenvalue weighted by molar-refractivity contribution is 0.356. The molecule has 3 aromatic rings. The highest BCUT2D eigenvalue weighted by Crippen LogP contribution is 2.37. The van der Waals surface area contributed by atoms with Crippen molar-refractivity contribution in [1.29, 1.82) is 5.26 Å². The van der Waals surface area contributed by atoms with Crippen molar-refractivity contribution < 1.29 is 9.47 Å². The standard InChI is InChI=1S/C19H16ClN3O2/c1-24-17-7-15-16(8-18(17)25-2)22-11-13(10-21)19(15)23-14-5-3-4-12(6-14)9-20/h3-8,11H,9H2,1-2H3,(H,22,23). The molecule has 6 heteroatoms. The van der Waals surface area contributed by atoms with Gasteiger partial charge in [-0.1, -0.05) is 12.1 Å². The zero-order chi connectivity index (χ0) is 17.8. The minimum absolute atomic E-state index is 0.419. The topological polar surface area (TPSA) is 67.2 Å². The first-order valence-electron chi connectivity index (χ1n) is 7.57. The fraction of sp³-hybridized carbons (Fsp3) is 0.158. The van der Waals surface area contributed by atoms with Crippen LogP contribution in [0.25, 0.3) is 10.9 Å². The van der Waals surface area contributed by atoms with Crippen molar-refractivity contribution in [3.8, 4) is 17.6 Å². The second kappa shape index (κ2) is 7.29. The Labute approximate surface area is 150 Å².